The molecule has 0 aliphatic carbocycles. The summed E-state index contributed by atoms with van der Waals surface area (Å²) >= 11 is 1.69. The van der Waals surface area contributed by atoms with Crippen LogP contribution in [0.15, 0.2) is 29.3 Å². The number of thioether (sulfide) groups is 1. The fourth-order valence-corrected chi connectivity index (χ4v) is 2.10. The van der Waals surface area contributed by atoms with Gasteiger partial charge in [0.15, 0.2) is 6.19 Å². The van der Waals surface area contributed by atoms with Crippen molar-refractivity contribution < 1.29 is 4.39 Å². The van der Waals surface area contributed by atoms with Gasteiger partial charge in [0, 0.05) is 25.1 Å². The van der Waals surface area contributed by atoms with Crippen LogP contribution in [0.25, 0.3) is 0 Å². The van der Waals surface area contributed by atoms with Gasteiger partial charge in [-0.3, -0.25) is 10.3 Å². The second-order valence-electron chi connectivity index (χ2n) is 3.42. The summed E-state index contributed by atoms with van der Waals surface area (Å²) in [5.74, 6) is 1.88. The maximum Gasteiger partial charge on any atom is 0.204 e. The van der Waals surface area contributed by atoms with Gasteiger partial charge >= 0.3 is 0 Å². The van der Waals surface area contributed by atoms with Gasteiger partial charge in [-0.05, 0) is 17.7 Å². The topological polar surface area (TPSA) is 60.2 Å². The number of aliphatic imine (C=N–C) groups is 1. The Morgan fingerprint density at radius 3 is 3.06 bits per heavy atom. The van der Waals surface area contributed by atoms with Crippen LogP contribution >= 0.6 is 11.8 Å². The smallest absolute Gasteiger partial charge is 0.204 e. The van der Waals surface area contributed by atoms with Crippen molar-refractivity contribution in [3.05, 3.63) is 35.6 Å². The standard InChI is InChI=1S/C12H15FN4S/c1-15-12(17-9-14)16-5-6-18-8-10-3-2-4-11(13)7-10/h2-4,7H,5-6,8H2,1H3,(H2,15,16,17). The van der Waals surface area contributed by atoms with Gasteiger partial charge in [-0.25, -0.2) is 4.39 Å². The summed E-state index contributed by atoms with van der Waals surface area (Å²) in [4.78, 5) is 3.86. The Morgan fingerprint density at radius 2 is 2.39 bits per heavy atom. The van der Waals surface area contributed by atoms with Crippen molar-refractivity contribution in [2.24, 2.45) is 4.99 Å². The first-order valence-corrected chi connectivity index (χ1v) is 6.59. The van der Waals surface area contributed by atoms with E-state index in [9.17, 15) is 4.39 Å². The molecule has 0 atom stereocenters. The van der Waals surface area contributed by atoms with E-state index in [1.165, 1.54) is 12.1 Å². The molecule has 1 aromatic rings. The first-order valence-electron chi connectivity index (χ1n) is 5.44. The third kappa shape index (κ3) is 5.55. The van der Waals surface area contributed by atoms with E-state index in [0.717, 1.165) is 17.1 Å². The summed E-state index contributed by atoms with van der Waals surface area (Å²) in [5.41, 5.74) is 0.972. The maximum atomic E-state index is 12.9. The molecule has 0 heterocycles. The van der Waals surface area contributed by atoms with Gasteiger partial charge in [0.2, 0.25) is 5.96 Å². The van der Waals surface area contributed by atoms with Gasteiger partial charge in [-0.15, -0.1) is 0 Å². The lowest BCUT2D eigenvalue weighted by molar-refractivity contribution is 0.626. The van der Waals surface area contributed by atoms with Crippen LogP contribution in [0.5, 0.6) is 0 Å². The van der Waals surface area contributed by atoms with Gasteiger partial charge in [0.05, 0.1) is 0 Å². The maximum absolute atomic E-state index is 12.9. The molecule has 2 N–H and O–H groups in total. The molecule has 18 heavy (non-hydrogen) atoms. The zero-order valence-electron chi connectivity index (χ0n) is 10.1. The Labute approximate surface area is 110 Å². The van der Waals surface area contributed by atoms with Crippen LogP contribution in [0.2, 0.25) is 0 Å². The quantitative estimate of drug-likeness (QED) is 0.280. The Hall–Kier alpha value is -1.74. The minimum atomic E-state index is -0.204. The van der Waals surface area contributed by atoms with Crippen molar-refractivity contribution in [1.29, 1.82) is 5.26 Å². The lowest BCUT2D eigenvalue weighted by Crippen LogP contribution is -2.35. The summed E-state index contributed by atoms with van der Waals surface area (Å²) in [7, 11) is 1.60. The third-order valence-corrected chi connectivity index (χ3v) is 3.12. The predicted molar refractivity (Wildman–Crippen MR) is 72.7 cm³/mol. The molecule has 0 bridgehead atoms. The van der Waals surface area contributed by atoms with E-state index in [4.69, 9.17) is 5.26 Å². The average Bonchev–Trinajstić information content (AvgIpc) is 2.37. The molecule has 0 aromatic heterocycles. The molecular formula is C12H15FN4S. The molecule has 0 amide bonds. The number of hydrogen-bond donors (Lipinski definition) is 2. The van der Waals surface area contributed by atoms with E-state index >= 15 is 0 Å². The highest BCUT2D eigenvalue weighted by Crippen LogP contribution is 2.12. The Morgan fingerprint density at radius 1 is 1.56 bits per heavy atom. The summed E-state index contributed by atoms with van der Waals surface area (Å²) in [6.07, 6.45) is 1.80. The van der Waals surface area contributed by atoms with Crippen molar-refractivity contribution >= 4 is 17.7 Å². The Kier molecular flexibility index (Phi) is 6.66. The van der Waals surface area contributed by atoms with Crippen LogP contribution in [0.3, 0.4) is 0 Å². The van der Waals surface area contributed by atoms with Gasteiger partial charge in [-0.2, -0.15) is 17.0 Å². The zero-order valence-corrected chi connectivity index (χ0v) is 10.9. The van der Waals surface area contributed by atoms with Gasteiger partial charge < -0.3 is 5.32 Å². The van der Waals surface area contributed by atoms with E-state index in [-0.39, 0.29) is 5.82 Å². The highest BCUT2D eigenvalue weighted by Gasteiger charge is 1.97. The van der Waals surface area contributed by atoms with Gasteiger partial charge in [0.1, 0.15) is 5.82 Å². The molecule has 0 spiro atoms. The molecule has 0 unspecified atom stereocenters. The predicted octanol–water partition coefficient (Wildman–Crippen LogP) is 1.70. The van der Waals surface area contributed by atoms with E-state index < -0.39 is 0 Å². The first kappa shape index (κ1) is 14.3. The van der Waals surface area contributed by atoms with E-state index in [1.807, 2.05) is 6.07 Å². The third-order valence-electron chi connectivity index (χ3n) is 2.09. The number of benzene rings is 1. The lowest BCUT2D eigenvalue weighted by atomic mass is 10.2. The second-order valence-corrected chi connectivity index (χ2v) is 4.52. The van der Waals surface area contributed by atoms with Crippen molar-refractivity contribution in [3.8, 4) is 6.19 Å². The van der Waals surface area contributed by atoms with Gasteiger partial charge in [-0.1, -0.05) is 12.1 Å². The molecule has 0 aliphatic heterocycles. The van der Waals surface area contributed by atoms with Gasteiger partial charge in [0.25, 0.3) is 0 Å². The van der Waals surface area contributed by atoms with Crippen LogP contribution in [-0.4, -0.2) is 25.3 Å². The monoisotopic (exact) mass is 266 g/mol. The summed E-state index contributed by atoms with van der Waals surface area (Å²) in [5, 5.41) is 13.8. The highest BCUT2D eigenvalue weighted by molar-refractivity contribution is 7.98. The molecule has 0 saturated carbocycles. The number of nitrogens with one attached hydrogen (secondary N) is 2. The number of nitriles is 1. The van der Waals surface area contributed by atoms with E-state index in [2.05, 4.69) is 15.6 Å². The molecular weight excluding hydrogens is 251 g/mol. The van der Waals surface area contributed by atoms with Crippen molar-refractivity contribution in [1.82, 2.24) is 10.6 Å². The molecule has 6 heteroatoms. The molecule has 1 rings (SSSR count). The lowest BCUT2D eigenvalue weighted by Gasteiger charge is -2.06. The number of hydrogen-bond acceptors (Lipinski definition) is 3. The largest absolute Gasteiger partial charge is 0.355 e. The highest BCUT2D eigenvalue weighted by atomic mass is 32.2. The van der Waals surface area contributed by atoms with Crippen molar-refractivity contribution in [3.63, 3.8) is 0 Å². The second kappa shape index (κ2) is 8.37. The average molecular weight is 266 g/mol. The fourth-order valence-electron chi connectivity index (χ4n) is 1.29. The van der Waals surface area contributed by atoms with Crippen LogP contribution in [-0.2, 0) is 5.75 Å². The Bertz CT molecular complexity index is 442. The van der Waals surface area contributed by atoms with Crippen LogP contribution in [0.1, 0.15) is 5.56 Å². The van der Waals surface area contributed by atoms with Crippen molar-refractivity contribution in [2.45, 2.75) is 5.75 Å². The number of halogens is 1. The van der Waals surface area contributed by atoms with Crippen molar-refractivity contribution in [2.75, 3.05) is 19.3 Å². The first-order chi connectivity index (χ1) is 8.76. The Balaban J connectivity index is 2.18. The molecule has 0 fully saturated rings. The minimum absolute atomic E-state index is 0.204. The fraction of sp³-hybridized carbons (Fsp3) is 0.333. The zero-order chi connectivity index (χ0) is 13.2. The minimum Gasteiger partial charge on any atom is -0.355 e. The summed E-state index contributed by atoms with van der Waals surface area (Å²) in [6, 6.07) is 6.59. The number of rotatable bonds is 5. The molecule has 0 radical (unpaired) electrons. The van der Waals surface area contributed by atoms with Crippen LogP contribution < -0.4 is 10.6 Å². The van der Waals surface area contributed by atoms with Crippen LogP contribution in [0.4, 0.5) is 4.39 Å². The summed E-state index contributed by atoms with van der Waals surface area (Å²) in [6.45, 7) is 0.696. The SMILES string of the molecule is CN=C(NC#N)NCCSCc1cccc(F)c1. The number of guanidine groups is 1. The molecule has 1 aromatic carbocycles. The molecule has 4 nitrogen and oxygen atoms in total. The normalized spacial score (nSPS) is 10.8. The van der Waals surface area contributed by atoms with E-state index in [1.54, 1.807) is 31.1 Å². The van der Waals surface area contributed by atoms with Crippen LogP contribution in [0, 0.1) is 17.3 Å². The molecule has 0 saturated heterocycles. The summed E-state index contributed by atoms with van der Waals surface area (Å²) < 4.78 is 12.9. The molecule has 0 aliphatic rings. The van der Waals surface area contributed by atoms with E-state index in [0.29, 0.717) is 12.5 Å². The number of nitrogens with zero attached hydrogens (tertiary/aromatic N) is 2. The molecule has 96 valence electrons.